The van der Waals surface area contributed by atoms with Crippen LogP contribution in [0.4, 0.5) is 0 Å². The predicted octanol–water partition coefficient (Wildman–Crippen LogP) is 2.73. The van der Waals surface area contributed by atoms with E-state index in [0.29, 0.717) is 11.9 Å². The SMILES string of the molecule is CC(NCCc1ncno1)c1ccc(Br)cc1. The summed E-state index contributed by atoms with van der Waals surface area (Å²) in [6, 6.07) is 8.62. The highest BCUT2D eigenvalue weighted by atomic mass is 79.9. The standard InChI is InChI=1S/C12H14BrN3O/c1-9(10-2-4-11(13)5-3-10)14-7-6-12-15-8-16-17-12/h2-5,8-9,14H,6-7H2,1H3. The summed E-state index contributed by atoms with van der Waals surface area (Å²) in [6.07, 6.45) is 2.17. The van der Waals surface area contributed by atoms with Gasteiger partial charge in [-0.25, -0.2) is 0 Å². The fraction of sp³-hybridized carbons (Fsp3) is 0.333. The molecule has 1 heterocycles. The molecule has 90 valence electrons. The Labute approximate surface area is 109 Å². The van der Waals surface area contributed by atoms with Crippen LogP contribution < -0.4 is 5.32 Å². The zero-order valence-electron chi connectivity index (χ0n) is 9.56. The summed E-state index contributed by atoms with van der Waals surface area (Å²) in [6.45, 7) is 2.95. The van der Waals surface area contributed by atoms with E-state index in [0.717, 1.165) is 17.4 Å². The summed E-state index contributed by atoms with van der Waals surface area (Å²) in [7, 11) is 0. The molecule has 1 atom stereocenters. The maximum absolute atomic E-state index is 4.93. The smallest absolute Gasteiger partial charge is 0.227 e. The van der Waals surface area contributed by atoms with Crippen LogP contribution in [0.15, 0.2) is 39.6 Å². The summed E-state index contributed by atoms with van der Waals surface area (Å²) in [5.74, 6) is 0.667. The Morgan fingerprint density at radius 2 is 2.12 bits per heavy atom. The lowest BCUT2D eigenvalue weighted by Crippen LogP contribution is -2.21. The van der Waals surface area contributed by atoms with Crippen LogP contribution in [0.5, 0.6) is 0 Å². The molecule has 0 saturated carbocycles. The highest BCUT2D eigenvalue weighted by Gasteiger charge is 2.05. The van der Waals surface area contributed by atoms with Gasteiger partial charge in [0.2, 0.25) is 5.89 Å². The summed E-state index contributed by atoms with van der Waals surface area (Å²) in [5.41, 5.74) is 1.26. The normalized spacial score (nSPS) is 12.6. The van der Waals surface area contributed by atoms with Crippen molar-refractivity contribution in [3.63, 3.8) is 0 Å². The van der Waals surface area contributed by atoms with Crippen molar-refractivity contribution in [2.75, 3.05) is 6.54 Å². The Kier molecular flexibility index (Phi) is 4.28. The highest BCUT2D eigenvalue weighted by Crippen LogP contribution is 2.16. The van der Waals surface area contributed by atoms with Crippen molar-refractivity contribution in [1.82, 2.24) is 15.5 Å². The number of benzene rings is 1. The zero-order chi connectivity index (χ0) is 12.1. The second kappa shape index (κ2) is 5.93. The molecule has 0 saturated heterocycles. The molecule has 0 bridgehead atoms. The van der Waals surface area contributed by atoms with Gasteiger partial charge in [-0.3, -0.25) is 0 Å². The average molecular weight is 296 g/mol. The first kappa shape index (κ1) is 12.3. The maximum atomic E-state index is 4.93. The highest BCUT2D eigenvalue weighted by molar-refractivity contribution is 9.10. The average Bonchev–Trinajstić information content (AvgIpc) is 2.83. The van der Waals surface area contributed by atoms with E-state index in [4.69, 9.17) is 4.52 Å². The molecule has 0 amide bonds. The first-order valence-corrected chi connectivity index (χ1v) is 6.29. The molecular formula is C12H14BrN3O. The van der Waals surface area contributed by atoms with Gasteiger partial charge in [0.05, 0.1) is 0 Å². The second-order valence-corrected chi connectivity index (χ2v) is 4.73. The van der Waals surface area contributed by atoms with Crippen LogP contribution in [-0.2, 0) is 6.42 Å². The molecular weight excluding hydrogens is 282 g/mol. The molecule has 1 aromatic carbocycles. The first-order chi connectivity index (χ1) is 8.25. The molecule has 2 aromatic rings. The summed E-state index contributed by atoms with van der Waals surface area (Å²) >= 11 is 3.43. The third-order valence-electron chi connectivity index (χ3n) is 2.57. The molecule has 0 aliphatic rings. The van der Waals surface area contributed by atoms with Crippen molar-refractivity contribution in [2.45, 2.75) is 19.4 Å². The van der Waals surface area contributed by atoms with Gasteiger partial charge in [-0.15, -0.1) is 0 Å². The first-order valence-electron chi connectivity index (χ1n) is 5.50. The van der Waals surface area contributed by atoms with Crippen LogP contribution in [-0.4, -0.2) is 16.7 Å². The number of hydrogen-bond acceptors (Lipinski definition) is 4. The molecule has 2 rings (SSSR count). The number of nitrogens with one attached hydrogen (secondary N) is 1. The summed E-state index contributed by atoms with van der Waals surface area (Å²) in [5, 5.41) is 6.98. The molecule has 5 heteroatoms. The van der Waals surface area contributed by atoms with E-state index in [1.54, 1.807) is 0 Å². The molecule has 17 heavy (non-hydrogen) atoms. The number of hydrogen-bond donors (Lipinski definition) is 1. The van der Waals surface area contributed by atoms with E-state index in [2.05, 4.69) is 50.4 Å². The van der Waals surface area contributed by atoms with Crippen LogP contribution >= 0.6 is 15.9 Å². The summed E-state index contributed by atoms with van der Waals surface area (Å²) in [4.78, 5) is 3.97. The molecule has 1 unspecified atom stereocenters. The minimum absolute atomic E-state index is 0.311. The molecule has 0 aliphatic carbocycles. The van der Waals surface area contributed by atoms with Crippen LogP contribution in [0.1, 0.15) is 24.4 Å². The fourth-order valence-corrected chi connectivity index (χ4v) is 1.84. The molecule has 0 spiro atoms. The lowest BCUT2D eigenvalue weighted by molar-refractivity contribution is 0.372. The van der Waals surface area contributed by atoms with Crippen molar-refractivity contribution < 1.29 is 4.52 Å². The molecule has 4 nitrogen and oxygen atoms in total. The largest absolute Gasteiger partial charge is 0.340 e. The van der Waals surface area contributed by atoms with E-state index in [-0.39, 0.29) is 0 Å². The molecule has 0 aliphatic heterocycles. The van der Waals surface area contributed by atoms with Crippen molar-refractivity contribution in [3.05, 3.63) is 46.5 Å². The number of aromatic nitrogens is 2. The molecule has 0 radical (unpaired) electrons. The molecule has 1 aromatic heterocycles. The third-order valence-corrected chi connectivity index (χ3v) is 3.10. The van der Waals surface area contributed by atoms with E-state index in [1.807, 2.05) is 12.1 Å². The van der Waals surface area contributed by atoms with Crippen LogP contribution in [0.2, 0.25) is 0 Å². The fourth-order valence-electron chi connectivity index (χ4n) is 1.57. The Bertz CT molecular complexity index is 441. The zero-order valence-corrected chi connectivity index (χ0v) is 11.1. The lowest BCUT2D eigenvalue weighted by Gasteiger charge is -2.13. The Morgan fingerprint density at radius 1 is 1.35 bits per heavy atom. The Hall–Kier alpha value is -1.20. The predicted molar refractivity (Wildman–Crippen MR) is 68.6 cm³/mol. The Balaban J connectivity index is 1.81. The topological polar surface area (TPSA) is 51.0 Å². The quantitative estimate of drug-likeness (QED) is 0.921. The van der Waals surface area contributed by atoms with Crippen LogP contribution in [0.3, 0.4) is 0 Å². The number of rotatable bonds is 5. The van der Waals surface area contributed by atoms with E-state index in [1.165, 1.54) is 11.9 Å². The minimum Gasteiger partial charge on any atom is -0.340 e. The van der Waals surface area contributed by atoms with Crippen molar-refractivity contribution in [3.8, 4) is 0 Å². The number of halogens is 1. The van der Waals surface area contributed by atoms with E-state index < -0.39 is 0 Å². The summed E-state index contributed by atoms with van der Waals surface area (Å²) < 4.78 is 6.03. The maximum Gasteiger partial charge on any atom is 0.227 e. The van der Waals surface area contributed by atoms with Gasteiger partial charge in [-0.1, -0.05) is 33.2 Å². The van der Waals surface area contributed by atoms with Gasteiger partial charge in [0, 0.05) is 23.5 Å². The molecule has 0 fully saturated rings. The van der Waals surface area contributed by atoms with Gasteiger partial charge in [0.1, 0.15) is 0 Å². The van der Waals surface area contributed by atoms with Crippen molar-refractivity contribution in [2.24, 2.45) is 0 Å². The van der Waals surface area contributed by atoms with E-state index >= 15 is 0 Å². The second-order valence-electron chi connectivity index (χ2n) is 3.81. The van der Waals surface area contributed by atoms with Crippen LogP contribution in [0.25, 0.3) is 0 Å². The van der Waals surface area contributed by atoms with Crippen LogP contribution in [0, 0.1) is 0 Å². The monoisotopic (exact) mass is 295 g/mol. The minimum atomic E-state index is 0.311. The van der Waals surface area contributed by atoms with Gasteiger partial charge in [-0.05, 0) is 24.6 Å². The van der Waals surface area contributed by atoms with E-state index in [9.17, 15) is 0 Å². The Morgan fingerprint density at radius 3 is 2.76 bits per heavy atom. The van der Waals surface area contributed by atoms with Crippen molar-refractivity contribution >= 4 is 15.9 Å². The molecule has 1 N–H and O–H groups in total. The van der Waals surface area contributed by atoms with Gasteiger partial charge in [0.25, 0.3) is 0 Å². The number of nitrogens with zero attached hydrogens (tertiary/aromatic N) is 2. The van der Waals surface area contributed by atoms with Gasteiger partial charge in [0.15, 0.2) is 6.33 Å². The third kappa shape index (κ3) is 3.64. The van der Waals surface area contributed by atoms with Gasteiger partial charge in [-0.2, -0.15) is 4.98 Å². The van der Waals surface area contributed by atoms with Gasteiger partial charge >= 0.3 is 0 Å². The van der Waals surface area contributed by atoms with Gasteiger partial charge < -0.3 is 9.84 Å². The lowest BCUT2D eigenvalue weighted by atomic mass is 10.1. The van der Waals surface area contributed by atoms with Crippen molar-refractivity contribution in [1.29, 1.82) is 0 Å².